The van der Waals surface area contributed by atoms with Gasteiger partial charge in [0.25, 0.3) is 0 Å². The van der Waals surface area contributed by atoms with Crippen LogP contribution in [0.5, 0.6) is 0 Å². The van der Waals surface area contributed by atoms with Gasteiger partial charge in [-0.2, -0.15) is 0 Å². The first-order valence-corrected chi connectivity index (χ1v) is 7.44. The van der Waals surface area contributed by atoms with Crippen LogP contribution in [0.2, 0.25) is 0 Å². The molecule has 7 heteroatoms. The predicted molar refractivity (Wildman–Crippen MR) is 54.1 cm³/mol. The summed E-state index contributed by atoms with van der Waals surface area (Å²) in [7, 11) is 0. The Kier molecular flexibility index (Phi) is 83.2. The van der Waals surface area contributed by atoms with Crippen LogP contribution in [0.1, 0.15) is 0 Å². The topological polar surface area (TPSA) is 0 Å². The Morgan fingerprint density at radius 3 is 1.08 bits per heavy atom. The van der Waals surface area contributed by atoms with Crippen molar-refractivity contribution in [2.75, 3.05) is 0 Å². The second-order valence-corrected chi connectivity index (χ2v) is 3.91. The van der Waals surface area contributed by atoms with Crippen molar-refractivity contribution in [3.63, 3.8) is 0 Å². The number of hydrogen-bond donors (Lipinski definition) is 0. The molecule has 0 aromatic rings. The molecule has 0 aliphatic heterocycles. The van der Waals surface area contributed by atoms with Crippen LogP contribution in [0.15, 0.2) is 20.2 Å². The van der Waals surface area contributed by atoms with Gasteiger partial charge in [0.15, 0.2) is 0 Å². The largest absolute Gasteiger partial charge is 4.00 e. The van der Waals surface area contributed by atoms with E-state index in [4.69, 9.17) is 0 Å². The fraction of sp³-hybridized carbons (Fsp3) is 0. The third-order valence-corrected chi connectivity index (χ3v) is 1.89. The molecule has 0 nitrogen and oxygen atoms in total. The standard InChI is InChI=1S/2C3H2As.2ClH.2Sb.Zr.2H/c2*1-2-3-4;;;;;;;/h2*1-2H;2*1H;;;;;/q2*-1;;;;;+4;;/p-2. The minimum atomic E-state index is 0. The van der Waals surface area contributed by atoms with Gasteiger partial charge in [-0.1, -0.05) is 0 Å². The summed E-state index contributed by atoms with van der Waals surface area (Å²) in [5.41, 5.74) is 0. The molecule has 0 atom stereocenters. The Morgan fingerprint density at radius 2 is 1.08 bits per heavy atom. The van der Waals surface area contributed by atoms with Crippen LogP contribution in [0, 0.1) is 0 Å². The van der Waals surface area contributed by atoms with Gasteiger partial charge in [-0.3, -0.25) is 0 Å². The van der Waals surface area contributed by atoms with Gasteiger partial charge in [-0.15, -0.1) is 0 Å². The van der Waals surface area contributed by atoms with E-state index < -0.39 is 0 Å². The minimum absolute atomic E-state index is 0. The monoisotopic (exact) mass is 630 g/mol. The van der Waals surface area contributed by atoms with E-state index in [1.807, 2.05) is 20.2 Å². The van der Waals surface area contributed by atoms with E-state index in [0.29, 0.717) is 0 Å². The molecular formula is C6H6As2Cl2Sb2Zr. The van der Waals surface area contributed by atoms with Crippen molar-refractivity contribution in [2.45, 2.75) is 0 Å². The van der Waals surface area contributed by atoms with Crippen molar-refractivity contribution >= 4 is 88.5 Å². The van der Waals surface area contributed by atoms with Crippen LogP contribution < -0.4 is 24.8 Å². The molecule has 0 amide bonds. The molecule has 0 spiro atoms. The first-order chi connectivity index (χ1) is 4.83. The summed E-state index contributed by atoms with van der Waals surface area (Å²) >= 11 is 7.37. The van der Waals surface area contributed by atoms with E-state index in [-0.39, 0.29) is 51.0 Å². The first-order valence-electron chi connectivity index (χ1n) is 2.27. The molecule has 0 saturated carbocycles. The summed E-state index contributed by atoms with van der Waals surface area (Å²) in [5.74, 6) is 0. The maximum atomic E-state index is 2.80. The van der Waals surface area contributed by atoms with E-state index in [1.165, 1.54) is 46.0 Å². The van der Waals surface area contributed by atoms with Gasteiger partial charge in [0, 0.05) is 0 Å². The Balaban J connectivity index is -0.0000000267. The average Bonchev–Trinajstić information content (AvgIpc) is 1.93. The summed E-state index contributed by atoms with van der Waals surface area (Å²) in [6, 6.07) is 0. The van der Waals surface area contributed by atoms with Crippen molar-refractivity contribution in [3.8, 4) is 0 Å². The van der Waals surface area contributed by atoms with Crippen molar-refractivity contribution in [1.29, 1.82) is 0 Å². The average molecular weight is 634 g/mol. The minimum Gasteiger partial charge on any atom is -1.00 e. The summed E-state index contributed by atoms with van der Waals surface area (Å²) < 4.78 is 4.04. The summed E-state index contributed by atoms with van der Waals surface area (Å²) in [4.78, 5) is 5.59. The van der Waals surface area contributed by atoms with Crippen molar-refractivity contribution in [1.82, 2.24) is 0 Å². The molecular weight excluding hydrogens is 628 g/mol. The number of halogens is 2. The van der Waals surface area contributed by atoms with E-state index in [1.54, 1.807) is 0 Å². The van der Waals surface area contributed by atoms with Crippen LogP contribution in [0.25, 0.3) is 0 Å². The van der Waals surface area contributed by atoms with Crippen LogP contribution in [-0.4, -0.2) is 88.5 Å². The molecule has 0 aromatic heterocycles. The second-order valence-electron chi connectivity index (χ2n) is 0.925. The predicted octanol–water partition coefficient (Wildman–Crippen LogP) is -7.50. The fourth-order valence-corrected chi connectivity index (χ4v) is 2.60. The maximum absolute atomic E-state index is 2.80. The Morgan fingerprint density at radius 1 is 0.846 bits per heavy atom. The number of allylic oxidation sites excluding steroid dienone is 2. The van der Waals surface area contributed by atoms with Gasteiger partial charge in [0.05, 0.1) is 0 Å². The smallest absolute Gasteiger partial charge is 1.00 e. The molecule has 4 radical (unpaired) electrons. The molecule has 0 saturated heterocycles. The van der Waals surface area contributed by atoms with Crippen molar-refractivity contribution in [3.05, 3.63) is 20.2 Å². The molecule has 0 heterocycles. The third-order valence-electron chi connectivity index (χ3n) is 0.316. The SMILES string of the molecule is [As]=[C-]C=[CH][SbH].[As]=[C-]C=[CH][SbH].[Cl-].[Cl-].[Zr+4]. The van der Waals surface area contributed by atoms with Crippen LogP contribution in [0.3, 0.4) is 0 Å². The summed E-state index contributed by atoms with van der Waals surface area (Å²) in [6.07, 6.45) is 3.77. The number of rotatable bonds is 2. The van der Waals surface area contributed by atoms with Gasteiger partial charge >= 0.3 is 135 Å². The zero-order valence-electron chi connectivity index (χ0n) is 6.46. The summed E-state index contributed by atoms with van der Waals surface area (Å²) in [5, 5.41) is 0. The Bertz CT molecular complexity index is 127. The maximum Gasteiger partial charge on any atom is 4.00 e. The zero-order chi connectivity index (χ0) is 8.24. The van der Waals surface area contributed by atoms with Crippen molar-refractivity contribution in [2.24, 2.45) is 0 Å². The summed E-state index contributed by atoms with van der Waals surface area (Å²) in [6.45, 7) is 0. The molecule has 0 aliphatic carbocycles. The van der Waals surface area contributed by atoms with Crippen LogP contribution in [-0.2, 0) is 26.2 Å². The van der Waals surface area contributed by atoms with Crippen molar-refractivity contribution < 1.29 is 51.0 Å². The zero-order valence-corrected chi connectivity index (χ0v) is 19.9. The van der Waals surface area contributed by atoms with Crippen LogP contribution >= 0.6 is 0 Å². The van der Waals surface area contributed by atoms with Gasteiger partial charge in [-0.25, -0.2) is 0 Å². The first kappa shape index (κ1) is 29.9. The third kappa shape index (κ3) is 50.4. The van der Waals surface area contributed by atoms with Gasteiger partial charge < -0.3 is 24.8 Å². The van der Waals surface area contributed by atoms with E-state index >= 15 is 0 Å². The molecule has 68 valence electrons. The molecule has 0 unspecified atom stereocenters. The fourth-order valence-electron chi connectivity index (χ4n) is 0.0745. The molecule has 0 N–H and O–H groups in total. The molecule has 0 aliphatic rings. The Hall–Kier alpha value is 3.44. The van der Waals surface area contributed by atoms with E-state index in [2.05, 4.69) is 42.4 Å². The molecule has 0 fully saturated rings. The van der Waals surface area contributed by atoms with E-state index in [0.717, 1.165) is 0 Å². The molecule has 0 rings (SSSR count). The van der Waals surface area contributed by atoms with Crippen LogP contribution in [0.4, 0.5) is 0 Å². The van der Waals surface area contributed by atoms with E-state index in [9.17, 15) is 0 Å². The van der Waals surface area contributed by atoms with Gasteiger partial charge in [0.1, 0.15) is 0 Å². The normalized spacial score (nSPS) is 6.92. The molecule has 0 aromatic carbocycles. The number of hydrogen-bond acceptors (Lipinski definition) is 0. The molecule has 0 bridgehead atoms. The quantitative estimate of drug-likeness (QED) is 0.210. The van der Waals surface area contributed by atoms with Gasteiger partial charge in [0.2, 0.25) is 0 Å². The Labute approximate surface area is 157 Å². The van der Waals surface area contributed by atoms with Gasteiger partial charge in [-0.05, 0) is 0 Å². The molecule has 13 heavy (non-hydrogen) atoms. The second kappa shape index (κ2) is 36.1.